The zero-order valence-electron chi connectivity index (χ0n) is 13.8. The molecule has 0 spiro atoms. The van der Waals surface area contributed by atoms with E-state index in [0.29, 0.717) is 5.56 Å². The highest BCUT2D eigenvalue weighted by molar-refractivity contribution is 5.94. The maximum atomic E-state index is 11.1. The Balaban J connectivity index is 0.00000102. The number of carbonyl (C=O) groups excluding carboxylic acids is 2. The molecular weight excluding hydrogens is 276 g/mol. The van der Waals surface area contributed by atoms with Gasteiger partial charge in [0.1, 0.15) is 0 Å². The van der Waals surface area contributed by atoms with Crippen LogP contribution in [-0.4, -0.2) is 11.8 Å². The van der Waals surface area contributed by atoms with Crippen LogP contribution in [0.15, 0.2) is 48.5 Å². The van der Waals surface area contributed by atoms with Crippen LogP contribution >= 0.6 is 0 Å². The third-order valence-corrected chi connectivity index (χ3v) is 2.75. The summed E-state index contributed by atoms with van der Waals surface area (Å²) in [5.74, 6) is -1.16. The zero-order chi connectivity index (χ0) is 17.1. The average molecular weight is 299 g/mol. The standard InChI is InChI=1S/C15H12O3.2C2H6/c1-10(16)11-2-4-12(5-3-11)13-6-8-14(9-7-13)15(17)18;2*1-2/h2-9H,1H3,(H,17,18);2*1-2H3/p-1. The van der Waals surface area contributed by atoms with Gasteiger partial charge in [-0.1, -0.05) is 76.2 Å². The minimum absolute atomic E-state index is 0.0221. The number of carbonyl (C=O) groups is 2. The molecule has 0 atom stereocenters. The van der Waals surface area contributed by atoms with Crippen molar-refractivity contribution in [1.29, 1.82) is 0 Å². The number of ketones is 1. The van der Waals surface area contributed by atoms with E-state index in [9.17, 15) is 14.7 Å². The quantitative estimate of drug-likeness (QED) is 0.806. The first-order valence-corrected chi connectivity index (χ1v) is 7.51. The molecule has 22 heavy (non-hydrogen) atoms. The molecule has 3 heteroatoms. The Morgan fingerprint density at radius 1 is 0.682 bits per heavy atom. The Hall–Kier alpha value is -2.42. The van der Waals surface area contributed by atoms with Gasteiger partial charge >= 0.3 is 0 Å². The predicted octanol–water partition coefficient (Wildman–Crippen LogP) is 3.97. The normalized spacial score (nSPS) is 8.77. The molecule has 118 valence electrons. The monoisotopic (exact) mass is 299 g/mol. The lowest BCUT2D eigenvalue weighted by Crippen LogP contribution is -2.21. The van der Waals surface area contributed by atoms with Crippen LogP contribution in [0.5, 0.6) is 0 Å². The van der Waals surface area contributed by atoms with Crippen molar-refractivity contribution in [2.75, 3.05) is 0 Å². The number of hydrogen-bond donors (Lipinski definition) is 0. The van der Waals surface area contributed by atoms with Crippen molar-refractivity contribution >= 4 is 11.8 Å². The fraction of sp³-hybridized carbons (Fsp3) is 0.263. The van der Waals surface area contributed by atoms with E-state index in [1.807, 2.05) is 39.8 Å². The van der Waals surface area contributed by atoms with Gasteiger partial charge in [0.25, 0.3) is 0 Å². The molecule has 0 unspecified atom stereocenters. The van der Waals surface area contributed by atoms with Crippen LogP contribution in [0.4, 0.5) is 0 Å². The van der Waals surface area contributed by atoms with E-state index >= 15 is 0 Å². The molecule has 0 radical (unpaired) electrons. The van der Waals surface area contributed by atoms with Crippen LogP contribution in [0.1, 0.15) is 55.3 Å². The molecule has 0 bridgehead atoms. The Morgan fingerprint density at radius 2 is 1.00 bits per heavy atom. The van der Waals surface area contributed by atoms with Crippen molar-refractivity contribution < 1.29 is 14.7 Å². The van der Waals surface area contributed by atoms with Gasteiger partial charge in [-0.2, -0.15) is 0 Å². The number of Topliss-reactive ketones (excluding diaryl/α,β-unsaturated/α-hetero) is 1. The first-order chi connectivity index (χ1) is 10.6. The van der Waals surface area contributed by atoms with Gasteiger partial charge in [0.15, 0.2) is 5.78 Å². The number of aromatic carboxylic acids is 1. The van der Waals surface area contributed by atoms with Gasteiger partial charge < -0.3 is 9.90 Å². The second-order valence-corrected chi connectivity index (χ2v) is 4.00. The van der Waals surface area contributed by atoms with Crippen LogP contribution in [0.25, 0.3) is 11.1 Å². The number of carboxylic acid groups (broad SMARTS) is 1. The molecule has 0 saturated carbocycles. The van der Waals surface area contributed by atoms with Gasteiger partial charge in [-0.3, -0.25) is 4.79 Å². The van der Waals surface area contributed by atoms with Crippen molar-refractivity contribution in [3.63, 3.8) is 0 Å². The summed E-state index contributed by atoms with van der Waals surface area (Å²) in [6, 6.07) is 13.6. The largest absolute Gasteiger partial charge is 0.545 e. The molecule has 0 fully saturated rings. The lowest BCUT2D eigenvalue weighted by Gasteiger charge is -2.05. The third-order valence-electron chi connectivity index (χ3n) is 2.75. The number of benzene rings is 2. The van der Waals surface area contributed by atoms with Crippen molar-refractivity contribution in [3.8, 4) is 11.1 Å². The molecule has 0 N–H and O–H groups in total. The zero-order valence-corrected chi connectivity index (χ0v) is 13.8. The lowest BCUT2D eigenvalue weighted by atomic mass is 10.0. The first kappa shape index (κ1) is 19.6. The second kappa shape index (κ2) is 10.3. The van der Waals surface area contributed by atoms with E-state index in [0.717, 1.165) is 11.1 Å². The SMILES string of the molecule is CC.CC.CC(=O)c1ccc(-c2ccc(C(=O)[O-])cc2)cc1. The lowest BCUT2D eigenvalue weighted by molar-refractivity contribution is -0.255. The highest BCUT2D eigenvalue weighted by atomic mass is 16.4. The fourth-order valence-electron chi connectivity index (χ4n) is 1.70. The van der Waals surface area contributed by atoms with Gasteiger partial charge in [0.2, 0.25) is 0 Å². The molecule has 0 aromatic heterocycles. The minimum atomic E-state index is -1.19. The molecule has 2 aromatic rings. The maximum Gasteiger partial charge on any atom is 0.159 e. The van der Waals surface area contributed by atoms with Crippen molar-refractivity contribution in [2.45, 2.75) is 34.6 Å². The van der Waals surface area contributed by atoms with E-state index in [4.69, 9.17) is 0 Å². The minimum Gasteiger partial charge on any atom is -0.545 e. The van der Waals surface area contributed by atoms with Crippen molar-refractivity contribution in [2.24, 2.45) is 0 Å². The summed E-state index contributed by atoms with van der Waals surface area (Å²) in [5.41, 5.74) is 2.64. The fourth-order valence-corrected chi connectivity index (χ4v) is 1.70. The van der Waals surface area contributed by atoms with E-state index in [1.165, 1.54) is 19.1 Å². The molecular formula is C19H23O3-. The highest BCUT2D eigenvalue weighted by Gasteiger charge is 2.01. The molecule has 2 aromatic carbocycles. The summed E-state index contributed by atoms with van der Waals surface area (Å²) >= 11 is 0. The molecule has 0 aliphatic rings. The second-order valence-electron chi connectivity index (χ2n) is 4.00. The molecule has 0 aliphatic heterocycles. The maximum absolute atomic E-state index is 11.1. The number of rotatable bonds is 3. The van der Waals surface area contributed by atoms with Gasteiger partial charge in [-0.05, 0) is 23.6 Å². The van der Waals surface area contributed by atoms with Gasteiger partial charge in [-0.15, -0.1) is 0 Å². The molecule has 0 saturated heterocycles. The van der Waals surface area contributed by atoms with Crippen LogP contribution in [0.2, 0.25) is 0 Å². The highest BCUT2D eigenvalue weighted by Crippen LogP contribution is 2.20. The van der Waals surface area contributed by atoms with Gasteiger partial charge in [-0.25, -0.2) is 0 Å². The summed E-state index contributed by atoms with van der Waals surface area (Å²) in [5, 5.41) is 10.6. The molecule has 0 aliphatic carbocycles. The molecule has 0 amide bonds. The van der Waals surface area contributed by atoms with E-state index in [2.05, 4.69) is 0 Å². The number of hydrogen-bond acceptors (Lipinski definition) is 3. The summed E-state index contributed by atoms with van der Waals surface area (Å²) in [6.07, 6.45) is 0. The smallest absolute Gasteiger partial charge is 0.159 e. The van der Waals surface area contributed by atoms with Gasteiger partial charge in [0, 0.05) is 5.56 Å². The van der Waals surface area contributed by atoms with Crippen LogP contribution in [-0.2, 0) is 0 Å². The van der Waals surface area contributed by atoms with Crippen LogP contribution in [0, 0.1) is 0 Å². The Morgan fingerprint density at radius 3 is 1.27 bits per heavy atom. The average Bonchev–Trinajstić information content (AvgIpc) is 2.58. The van der Waals surface area contributed by atoms with Crippen molar-refractivity contribution in [3.05, 3.63) is 59.7 Å². The summed E-state index contributed by atoms with van der Waals surface area (Å²) in [7, 11) is 0. The summed E-state index contributed by atoms with van der Waals surface area (Å²) in [4.78, 5) is 21.8. The van der Waals surface area contributed by atoms with E-state index in [1.54, 1.807) is 24.3 Å². The third kappa shape index (κ3) is 5.52. The van der Waals surface area contributed by atoms with Crippen molar-refractivity contribution in [1.82, 2.24) is 0 Å². The Labute approximate surface area is 132 Å². The van der Waals surface area contributed by atoms with E-state index < -0.39 is 5.97 Å². The van der Waals surface area contributed by atoms with Gasteiger partial charge in [0.05, 0.1) is 5.97 Å². The van der Waals surface area contributed by atoms with E-state index in [-0.39, 0.29) is 11.3 Å². The van der Waals surface area contributed by atoms with Crippen LogP contribution < -0.4 is 5.11 Å². The summed E-state index contributed by atoms with van der Waals surface area (Å²) in [6.45, 7) is 9.52. The molecule has 2 rings (SSSR count). The Kier molecular flexibility index (Phi) is 9.19. The Bertz CT molecular complexity index is 526. The molecule has 0 heterocycles. The first-order valence-electron chi connectivity index (χ1n) is 7.51. The predicted molar refractivity (Wildman–Crippen MR) is 88.9 cm³/mol. The topological polar surface area (TPSA) is 57.2 Å². The van der Waals surface area contributed by atoms with Crippen LogP contribution in [0.3, 0.4) is 0 Å². The summed E-state index contributed by atoms with van der Waals surface area (Å²) < 4.78 is 0. The molecule has 3 nitrogen and oxygen atoms in total. The number of carboxylic acids is 1.